The number of ether oxygens (including phenoxy) is 3. The van der Waals surface area contributed by atoms with Crippen molar-refractivity contribution in [3.8, 4) is 0 Å². The van der Waals surface area contributed by atoms with Gasteiger partial charge in [-0.3, -0.25) is 14.4 Å². The van der Waals surface area contributed by atoms with Crippen molar-refractivity contribution in [3.63, 3.8) is 0 Å². The summed E-state index contributed by atoms with van der Waals surface area (Å²) in [6, 6.07) is 0. The maximum Gasteiger partial charge on any atom is 3.00 e. The van der Waals surface area contributed by atoms with Crippen LogP contribution in [0.1, 0.15) is 77.0 Å². The number of methoxy groups -OCH3 is 3. The minimum Gasteiger partial charge on any atom is -0.550 e. The molecule has 6 unspecified atom stereocenters. The largest absolute Gasteiger partial charge is 3.00 e. The summed E-state index contributed by atoms with van der Waals surface area (Å²) < 4.78 is 13.6. The predicted molar refractivity (Wildman–Crippen MR) is 133 cm³/mol. The van der Waals surface area contributed by atoms with Gasteiger partial charge in [-0.2, -0.15) is 0 Å². The van der Waals surface area contributed by atoms with E-state index in [-0.39, 0.29) is 17.4 Å². The first-order chi connectivity index (χ1) is 18.5. The van der Waals surface area contributed by atoms with Crippen molar-refractivity contribution in [2.75, 3.05) is 21.3 Å². The summed E-state index contributed by atoms with van der Waals surface area (Å²) in [5, 5.41) is 32.0. The van der Waals surface area contributed by atoms with Gasteiger partial charge in [-0.1, -0.05) is 38.5 Å². The molecule has 3 rings (SSSR count). The monoisotopic (exact) mass is 582 g/mol. The maximum atomic E-state index is 11.2. The van der Waals surface area contributed by atoms with Crippen molar-refractivity contribution >= 4 is 53.2 Å². The molecule has 0 radical (unpaired) electrons. The molecule has 0 aromatic rings. The first-order valence-corrected chi connectivity index (χ1v) is 13.4. The minimum absolute atomic E-state index is 0. The topological polar surface area (TPSA) is 199 Å². The molecule has 3 aliphatic carbocycles. The summed E-state index contributed by atoms with van der Waals surface area (Å²) in [6.07, 6.45) is 8.63. The molecule has 0 aliphatic heterocycles. The van der Waals surface area contributed by atoms with E-state index in [1.807, 2.05) is 0 Å². The number of carbonyl (C=O) groups is 6. The van der Waals surface area contributed by atoms with Crippen LogP contribution in [0.25, 0.3) is 0 Å². The molecule has 0 bridgehead atoms. The van der Waals surface area contributed by atoms with Gasteiger partial charge in [-0.05, 0) is 38.5 Å². The molecule has 40 heavy (non-hydrogen) atoms. The maximum absolute atomic E-state index is 11.2. The molecular formula is C27H39AlO12. The van der Waals surface area contributed by atoms with Gasteiger partial charge in [0.2, 0.25) is 0 Å². The summed E-state index contributed by atoms with van der Waals surface area (Å²) >= 11 is 0. The Morgan fingerprint density at radius 2 is 0.600 bits per heavy atom. The number of carboxylic acids is 3. The fraction of sp³-hybridized carbons (Fsp3) is 0.778. The smallest absolute Gasteiger partial charge is 0.550 e. The van der Waals surface area contributed by atoms with Crippen LogP contribution in [0.5, 0.6) is 0 Å². The molecule has 0 heterocycles. The van der Waals surface area contributed by atoms with Crippen molar-refractivity contribution in [1.29, 1.82) is 0 Å². The van der Waals surface area contributed by atoms with Gasteiger partial charge < -0.3 is 43.9 Å². The average Bonchev–Trinajstić information content (AvgIpc) is 2.96. The van der Waals surface area contributed by atoms with Gasteiger partial charge >= 0.3 is 35.3 Å². The molecule has 0 N–H and O–H groups in total. The summed E-state index contributed by atoms with van der Waals surface area (Å²) in [6.45, 7) is 0. The van der Waals surface area contributed by atoms with E-state index in [2.05, 4.69) is 14.2 Å². The SMILES string of the molecule is COC(=O)C1CCCCC1C(=O)[O-].COC(=O)C1CCCCC1C(=O)[O-].COC(=O)C1CCCCC1C(=O)[O-].[Al+3]. The van der Waals surface area contributed by atoms with Crippen molar-refractivity contribution in [3.05, 3.63) is 0 Å². The Morgan fingerprint density at radius 1 is 0.425 bits per heavy atom. The van der Waals surface area contributed by atoms with E-state index in [0.29, 0.717) is 38.5 Å². The molecule has 3 saturated carbocycles. The van der Waals surface area contributed by atoms with Crippen molar-refractivity contribution < 1.29 is 58.3 Å². The van der Waals surface area contributed by atoms with Crippen LogP contribution in [0.3, 0.4) is 0 Å². The number of esters is 3. The molecule has 13 heteroatoms. The van der Waals surface area contributed by atoms with Crippen LogP contribution < -0.4 is 15.3 Å². The predicted octanol–water partition coefficient (Wildman–Crippen LogP) is -1.23. The van der Waals surface area contributed by atoms with Crippen LogP contribution >= 0.6 is 0 Å². The van der Waals surface area contributed by atoms with Gasteiger partial charge in [0.15, 0.2) is 0 Å². The molecule has 222 valence electrons. The van der Waals surface area contributed by atoms with Gasteiger partial charge in [-0.25, -0.2) is 0 Å². The number of aliphatic carboxylic acids is 3. The van der Waals surface area contributed by atoms with Crippen LogP contribution in [-0.2, 0) is 43.0 Å². The van der Waals surface area contributed by atoms with E-state index in [1.165, 1.54) is 21.3 Å². The Morgan fingerprint density at radius 3 is 0.750 bits per heavy atom. The van der Waals surface area contributed by atoms with Crippen LogP contribution in [-0.4, -0.2) is 74.5 Å². The molecule has 0 saturated heterocycles. The third-order valence-electron chi connectivity index (χ3n) is 7.72. The molecule has 3 fully saturated rings. The van der Waals surface area contributed by atoms with E-state index in [1.54, 1.807) is 0 Å². The van der Waals surface area contributed by atoms with E-state index < -0.39 is 71.3 Å². The first-order valence-electron chi connectivity index (χ1n) is 13.4. The first kappa shape index (κ1) is 37.4. The second kappa shape index (κ2) is 19.4. The molecule has 0 amide bonds. The van der Waals surface area contributed by atoms with Crippen LogP contribution in [0.15, 0.2) is 0 Å². The molecule has 0 spiro atoms. The fourth-order valence-electron chi connectivity index (χ4n) is 5.54. The zero-order valence-electron chi connectivity index (χ0n) is 23.4. The minimum atomic E-state index is -1.13. The Labute approximate surface area is 245 Å². The van der Waals surface area contributed by atoms with Crippen LogP contribution in [0.2, 0.25) is 0 Å². The Hall–Kier alpha value is -2.65. The number of carboxylic acid groups (broad SMARTS) is 3. The number of rotatable bonds is 6. The van der Waals surface area contributed by atoms with Gasteiger partial charge in [0.25, 0.3) is 0 Å². The molecule has 0 aromatic carbocycles. The molecule has 6 atom stereocenters. The zero-order valence-corrected chi connectivity index (χ0v) is 24.6. The summed E-state index contributed by atoms with van der Waals surface area (Å²) in [4.78, 5) is 65.5. The molecule has 12 nitrogen and oxygen atoms in total. The van der Waals surface area contributed by atoms with Crippen molar-refractivity contribution in [2.24, 2.45) is 35.5 Å². The third-order valence-corrected chi connectivity index (χ3v) is 7.72. The van der Waals surface area contributed by atoms with Gasteiger partial charge in [-0.15, -0.1) is 0 Å². The van der Waals surface area contributed by atoms with Crippen LogP contribution in [0.4, 0.5) is 0 Å². The Bertz CT molecular complexity index is 751. The summed E-state index contributed by atoms with van der Waals surface area (Å²) in [5.41, 5.74) is 0. The van der Waals surface area contributed by atoms with E-state index in [0.717, 1.165) is 38.5 Å². The second-order valence-electron chi connectivity index (χ2n) is 10.0. The van der Waals surface area contributed by atoms with Crippen LogP contribution in [0, 0.1) is 35.5 Å². The zero-order chi connectivity index (χ0) is 29.5. The average molecular weight is 583 g/mol. The van der Waals surface area contributed by atoms with E-state index in [4.69, 9.17) is 0 Å². The molecular weight excluding hydrogens is 543 g/mol. The van der Waals surface area contributed by atoms with E-state index in [9.17, 15) is 44.1 Å². The molecule has 0 aromatic heterocycles. The Balaban J connectivity index is 0.000000563. The fourth-order valence-corrected chi connectivity index (χ4v) is 5.54. The van der Waals surface area contributed by atoms with Gasteiger partial charge in [0.05, 0.1) is 39.1 Å². The normalized spacial score (nSPS) is 27.4. The van der Waals surface area contributed by atoms with Gasteiger partial charge in [0.1, 0.15) is 0 Å². The number of hydrogen-bond donors (Lipinski definition) is 0. The number of carbonyl (C=O) groups excluding carboxylic acids is 6. The summed E-state index contributed by atoms with van der Waals surface area (Å²) in [7, 11) is 3.84. The number of hydrogen-bond acceptors (Lipinski definition) is 12. The van der Waals surface area contributed by atoms with Gasteiger partial charge in [0, 0.05) is 35.7 Å². The molecule has 3 aliphatic rings. The summed E-state index contributed by atoms with van der Waals surface area (Å²) in [5.74, 6) is -8.10. The third kappa shape index (κ3) is 11.5. The standard InChI is InChI=1S/3C9H14O4.Al/c3*1-13-9(12)7-5-3-2-4-6(7)8(10)11;/h3*6-7H,2-5H2,1H3,(H,10,11);/q;;;+3/p-3. The second-order valence-corrected chi connectivity index (χ2v) is 10.0. The quantitative estimate of drug-likeness (QED) is 0.205. The van der Waals surface area contributed by atoms with E-state index >= 15 is 0 Å². The van der Waals surface area contributed by atoms with Crippen molar-refractivity contribution in [2.45, 2.75) is 77.0 Å². The van der Waals surface area contributed by atoms with Crippen molar-refractivity contribution in [1.82, 2.24) is 0 Å². The Kier molecular flexibility index (Phi) is 18.1.